The third-order valence-electron chi connectivity index (χ3n) is 3.76. The molecule has 0 bridgehead atoms. The van der Waals surface area contributed by atoms with E-state index in [2.05, 4.69) is 5.32 Å². The second kappa shape index (κ2) is 8.29. The molecule has 0 aliphatic rings. The van der Waals surface area contributed by atoms with E-state index in [0.717, 1.165) is 22.8 Å². The van der Waals surface area contributed by atoms with E-state index >= 15 is 0 Å². The van der Waals surface area contributed by atoms with Crippen LogP contribution < -0.4 is 11.1 Å². The van der Waals surface area contributed by atoms with Crippen molar-refractivity contribution in [3.63, 3.8) is 0 Å². The van der Waals surface area contributed by atoms with Crippen LogP contribution in [-0.2, 0) is 16.0 Å². The van der Waals surface area contributed by atoms with Crippen molar-refractivity contribution in [1.29, 1.82) is 0 Å². The van der Waals surface area contributed by atoms with Gasteiger partial charge in [-0.05, 0) is 42.1 Å². The molecule has 4 N–H and O–H groups in total. The number of carboxylic acids is 1. The van der Waals surface area contributed by atoms with Crippen LogP contribution in [0.2, 0.25) is 0 Å². The molecule has 0 fully saturated rings. The van der Waals surface area contributed by atoms with E-state index in [9.17, 15) is 14.7 Å². The number of rotatable bonds is 8. The highest BCUT2D eigenvalue weighted by Gasteiger charge is 2.19. The molecule has 2 rings (SSSR count). The lowest BCUT2D eigenvalue weighted by Gasteiger charge is -2.14. The Labute approximate surface area is 135 Å². The molecule has 0 spiro atoms. The summed E-state index contributed by atoms with van der Waals surface area (Å²) in [5.41, 5.74) is 6.27. The van der Waals surface area contributed by atoms with Gasteiger partial charge in [0.05, 0.1) is 6.42 Å². The number of carbonyl (C=O) groups is 2. The molecular formula is C18H22N2O3. The van der Waals surface area contributed by atoms with Crippen LogP contribution in [0.1, 0.15) is 24.8 Å². The van der Waals surface area contributed by atoms with E-state index < -0.39 is 12.0 Å². The summed E-state index contributed by atoms with van der Waals surface area (Å²) in [5.74, 6) is -1.28. The average Bonchev–Trinajstić information content (AvgIpc) is 2.54. The van der Waals surface area contributed by atoms with Crippen LogP contribution >= 0.6 is 0 Å². The summed E-state index contributed by atoms with van der Waals surface area (Å²) in [6.45, 7) is 0.525. The summed E-state index contributed by atoms with van der Waals surface area (Å²) in [7, 11) is 0. The lowest BCUT2D eigenvalue weighted by Crippen LogP contribution is -2.41. The lowest BCUT2D eigenvalue weighted by molar-refractivity contribution is -0.142. The molecule has 0 radical (unpaired) electrons. The summed E-state index contributed by atoms with van der Waals surface area (Å²) in [6, 6.07) is 12.9. The number of fused-ring (bicyclic) bond motifs is 1. The number of nitrogens with two attached hydrogens (primary N) is 1. The minimum Gasteiger partial charge on any atom is -0.480 e. The molecule has 0 aliphatic heterocycles. The van der Waals surface area contributed by atoms with Crippen LogP contribution in [0.25, 0.3) is 10.8 Å². The first-order chi connectivity index (χ1) is 11.1. The van der Waals surface area contributed by atoms with Gasteiger partial charge in [0.15, 0.2) is 0 Å². The van der Waals surface area contributed by atoms with E-state index in [1.54, 1.807) is 0 Å². The summed E-state index contributed by atoms with van der Waals surface area (Å²) in [5, 5.41) is 14.0. The largest absolute Gasteiger partial charge is 0.480 e. The van der Waals surface area contributed by atoms with Gasteiger partial charge in [-0.3, -0.25) is 4.79 Å². The Morgan fingerprint density at radius 1 is 1.09 bits per heavy atom. The highest BCUT2D eigenvalue weighted by molar-refractivity contribution is 5.87. The van der Waals surface area contributed by atoms with Crippen LogP contribution in [0.3, 0.4) is 0 Å². The number of nitrogens with one attached hydrogen (secondary N) is 1. The normalized spacial score (nSPS) is 12.0. The molecule has 0 heterocycles. The van der Waals surface area contributed by atoms with Gasteiger partial charge < -0.3 is 16.2 Å². The molecule has 5 heteroatoms. The Morgan fingerprint density at radius 2 is 1.83 bits per heavy atom. The van der Waals surface area contributed by atoms with Crippen LogP contribution in [-0.4, -0.2) is 29.6 Å². The van der Waals surface area contributed by atoms with Gasteiger partial charge in [-0.25, -0.2) is 4.79 Å². The molecule has 122 valence electrons. The highest BCUT2D eigenvalue weighted by Crippen LogP contribution is 2.16. The molecule has 2 aromatic rings. The summed E-state index contributed by atoms with van der Waals surface area (Å²) >= 11 is 0. The van der Waals surface area contributed by atoms with Gasteiger partial charge in [-0.1, -0.05) is 42.5 Å². The Morgan fingerprint density at radius 3 is 2.52 bits per heavy atom. The summed E-state index contributed by atoms with van der Waals surface area (Å²) in [4.78, 5) is 23.3. The van der Waals surface area contributed by atoms with Crippen molar-refractivity contribution in [2.24, 2.45) is 5.73 Å². The number of amides is 1. The van der Waals surface area contributed by atoms with Crippen LogP contribution in [0.15, 0.2) is 42.5 Å². The zero-order valence-electron chi connectivity index (χ0n) is 13.0. The van der Waals surface area contributed by atoms with Gasteiger partial charge >= 0.3 is 5.97 Å². The van der Waals surface area contributed by atoms with Gasteiger partial charge in [0.2, 0.25) is 5.91 Å². The maximum atomic E-state index is 12.1. The zero-order chi connectivity index (χ0) is 16.7. The molecule has 1 atom stereocenters. The third-order valence-corrected chi connectivity index (χ3v) is 3.76. The van der Waals surface area contributed by atoms with Gasteiger partial charge in [-0.2, -0.15) is 0 Å². The fourth-order valence-corrected chi connectivity index (χ4v) is 2.53. The molecule has 1 amide bonds. The quantitative estimate of drug-likeness (QED) is 0.650. The van der Waals surface area contributed by atoms with Crippen LogP contribution in [0.4, 0.5) is 0 Å². The van der Waals surface area contributed by atoms with E-state index in [-0.39, 0.29) is 12.3 Å². The Hall–Kier alpha value is -2.40. The highest BCUT2D eigenvalue weighted by atomic mass is 16.4. The molecule has 2 aromatic carbocycles. The second-order valence-electron chi connectivity index (χ2n) is 5.60. The van der Waals surface area contributed by atoms with Crippen LogP contribution in [0.5, 0.6) is 0 Å². The van der Waals surface area contributed by atoms with Crippen molar-refractivity contribution in [2.45, 2.75) is 31.7 Å². The Balaban J connectivity index is 1.97. The summed E-state index contributed by atoms with van der Waals surface area (Å²) < 4.78 is 0. The number of benzene rings is 2. The van der Waals surface area contributed by atoms with E-state index in [4.69, 9.17) is 5.73 Å². The third kappa shape index (κ3) is 5.07. The maximum Gasteiger partial charge on any atom is 0.326 e. The minimum atomic E-state index is -1.01. The predicted octanol–water partition coefficient (Wildman–Crippen LogP) is 2.08. The average molecular weight is 314 g/mol. The fraction of sp³-hybridized carbons (Fsp3) is 0.333. The van der Waals surface area contributed by atoms with Crippen molar-refractivity contribution in [1.82, 2.24) is 5.32 Å². The number of hydrogen-bond donors (Lipinski definition) is 3. The number of carboxylic acid groups (broad SMARTS) is 1. The van der Waals surface area contributed by atoms with E-state index in [0.29, 0.717) is 19.4 Å². The summed E-state index contributed by atoms with van der Waals surface area (Å²) in [6.07, 6.45) is 2.01. The van der Waals surface area contributed by atoms with E-state index in [1.165, 1.54) is 0 Å². The van der Waals surface area contributed by atoms with Crippen molar-refractivity contribution in [2.75, 3.05) is 6.54 Å². The standard InChI is InChI=1S/C18H22N2O3/c19-10-4-3-7-16(18(22)23)20-17(21)12-13-8-9-14-5-1-2-6-15(14)11-13/h1-2,5-6,8-9,11,16H,3-4,7,10,12,19H2,(H,20,21)(H,22,23)/t16-/m0/s1. The number of hydrogen-bond acceptors (Lipinski definition) is 3. The maximum absolute atomic E-state index is 12.1. The van der Waals surface area contributed by atoms with Crippen molar-refractivity contribution in [3.05, 3.63) is 48.0 Å². The first-order valence-corrected chi connectivity index (χ1v) is 7.80. The van der Waals surface area contributed by atoms with Crippen molar-refractivity contribution >= 4 is 22.6 Å². The molecule has 0 saturated heterocycles. The topological polar surface area (TPSA) is 92.4 Å². The molecule has 0 unspecified atom stereocenters. The first kappa shape index (κ1) is 17.0. The van der Waals surface area contributed by atoms with Gasteiger partial charge in [0.25, 0.3) is 0 Å². The second-order valence-corrected chi connectivity index (χ2v) is 5.60. The molecular weight excluding hydrogens is 292 g/mol. The lowest BCUT2D eigenvalue weighted by atomic mass is 10.0. The molecule has 0 aromatic heterocycles. The molecule has 5 nitrogen and oxygen atoms in total. The molecule has 23 heavy (non-hydrogen) atoms. The molecule has 0 aliphatic carbocycles. The Bertz CT molecular complexity index is 685. The van der Waals surface area contributed by atoms with Gasteiger partial charge in [0.1, 0.15) is 6.04 Å². The predicted molar refractivity (Wildman–Crippen MR) is 90.1 cm³/mol. The van der Waals surface area contributed by atoms with Crippen molar-refractivity contribution < 1.29 is 14.7 Å². The monoisotopic (exact) mass is 314 g/mol. The van der Waals surface area contributed by atoms with Crippen LogP contribution in [0, 0.1) is 0 Å². The zero-order valence-corrected chi connectivity index (χ0v) is 13.0. The minimum absolute atomic E-state index is 0.172. The molecule has 0 saturated carbocycles. The smallest absolute Gasteiger partial charge is 0.326 e. The SMILES string of the molecule is NCCCC[C@H](NC(=O)Cc1ccc2ccccc2c1)C(=O)O. The van der Waals surface area contributed by atoms with Crippen molar-refractivity contribution in [3.8, 4) is 0 Å². The fourth-order valence-electron chi connectivity index (χ4n) is 2.53. The Kier molecular flexibility index (Phi) is 6.11. The van der Waals surface area contributed by atoms with Gasteiger partial charge in [0, 0.05) is 0 Å². The number of aliphatic carboxylic acids is 1. The van der Waals surface area contributed by atoms with Gasteiger partial charge in [-0.15, -0.1) is 0 Å². The van der Waals surface area contributed by atoms with E-state index in [1.807, 2.05) is 42.5 Å². The first-order valence-electron chi connectivity index (χ1n) is 7.80. The number of carbonyl (C=O) groups excluding carboxylic acids is 1. The number of unbranched alkanes of at least 4 members (excludes halogenated alkanes) is 1.